The molecule has 4 atom stereocenters. The normalized spacial score (nSPS) is 15.7. The SMILES string of the molecule is CC(=O)N[C@@H](Cc1cnc[nH]1)C(=O)N[C@H](Cc1ccccc1)C(=O)N[C@@H](CCCN=C(N)N)C(=O)N[C@H]1Cc2ccccc2CNC1=O. The molecule has 0 bridgehead atoms. The second kappa shape index (κ2) is 17.3. The van der Waals surface area contributed by atoms with Gasteiger partial charge in [-0.05, 0) is 29.5 Å². The fourth-order valence-corrected chi connectivity index (χ4v) is 5.38. The van der Waals surface area contributed by atoms with E-state index < -0.39 is 47.8 Å². The first-order valence-electron chi connectivity index (χ1n) is 15.7. The summed E-state index contributed by atoms with van der Waals surface area (Å²) < 4.78 is 0. The molecule has 0 spiro atoms. The van der Waals surface area contributed by atoms with E-state index in [2.05, 4.69) is 41.5 Å². The standard InChI is InChI=1S/C33H42N10O5/c1-20(44)40-28(16-24-18-36-19-39-24)32(48)42-26(14-21-8-3-2-4-9-21)31(47)41-25(12-7-13-37-33(34)35)30(46)43-27-15-22-10-5-6-11-23(22)17-38-29(27)45/h2-6,8-11,18-19,25-28H,7,12-17H2,1H3,(H,36,39)(H,38,45)(H,40,44)(H,41,47)(H,42,48)(H,43,46)(H4,34,35,37)/t25-,26+,27-,28-/m0/s1. The van der Waals surface area contributed by atoms with Gasteiger partial charge in [-0.3, -0.25) is 29.0 Å². The minimum Gasteiger partial charge on any atom is -0.370 e. The highest BCUT2D eigenvalue weighted by Gasteiger charge is 2.32. The lowest BCUT2D eigenvalue weighted by Gasteiger charge is -2.26. The van der Waals surface area contributed by atoms with E-state index in [9.17, 15) is 24.0 Å². The lowest BCUT2D eigenvalue weighted by atomic mass is 10.0. The Kier molecular flexibility index (Phi) is 12.6. The van der Waals surface area contributed by atoms with Crippen LogP contribution in [-0.2, 0) is 49.8 Å². The fraction of sp³-hybridized carbons (Fsp3) is 0.364. The minimum atomic E-state index is -1.13. The molecule has 0 fully saturated rings. The Morgan fingerprint density at radius 2 is 1.56 bits per heavy atom. The number of aromatic nitrogens is 2. The van der Waals surface area contributed by atoms with Crippen molar-refractivity contribution in [2.75, 3.05) is 6.54 Å². The molecule has 254 valence electrons. The van der Waals surface area contributed by atoms with Crippen molar-refractivity contribution in [1.82, 2.24) is 36.6 Å². The maximum atomic E-state index is 13.9. The van der Waals surface area contributed by atoms with Crippen molar-refractivity contribution in [2.45, 2.75) is 69.7 Å². The number of carbonyl (C=O) groups excluding carboxylic acids is 5. The summed E-state index contributed by atoms with van der Waals surface area (Å²) in [5, 5.41) is 13.8. The number of fused-ring (bicyclic) bond motifs is 1. The second-order valence-electron chi connectivity index (χ2n) is 11.5. The minimum absolute atomic E-state index is 0.0966. The zero-order chi connectivity index (χ0) is 34.5. The van der Waals surface area contributed by atoms with Crippen LogP contribution < -0.4 is 38.1 Å². The highest BCUT2D eigenvalue weighted by molar-refractivity contribution is 5.95. The Hall–Kier alpha value is -5.73. The van der Waals surface area contributed by atoms with Crippen LogP contribution in [0.15, 0.2) is 72.1 Å². The predicted molar refractivity (Wildman–Crippen MR) is 178 cm³/mol. The zero-order valence-corrected chi connectivity index (χ0v) is 26.7. The maximum absolute atomic E-state index is 13.9. The number of hydrogen-bond donors (Lipinski definition) is 8. The van der Waals surface area contributed by atoms with Gasteiger partial charge in [0.25, 0.3) is 0 Å². The lowest BCUT2D eigenvalue weighted by Crippen LogP contribution is -2.59. The summed E-state index contributed by atoms with van der Waals surface area (Å²) in [5.74, 6) is -2.69. The van der Waals surface area contributed by atoms with Gasteiger partial charge in [0.15, 0.2) is 5.96 Å². The number of aromatic amines is 1. The van der Waals surface area contributed by atoms with Crippen LogP contribution in [-0.4, -0.2) is 76.2 Å². The Balaban J connectivity index is 1.54. The number of amides is 5. The van der Waals surface area contributed by atoms with Crippen LogP contribution in [0.3, 0.4) is 0 Å². The molecular weight excluding hydrogens is 616 g/mol. The van der Waals surface area contributed by atoms with E-state index in [4.69, 9.17) is 11.5 Å². The number of benzene rings is 2. The fourth-order valence-electron chi connectivity index (χ4n) is 5.38. The van der Waals surface area contributed by atoms with Crippen molar-refractivity contribution in [2.24, 2.45) is 16.5 Å². The van der Waals surface area contributed by atoms with Crippen molar-refractivity contribution < 1.29 is 24.0 Å². The number of guanidine groups is 1. The van der Waals surface area contributed by atoms with Gasteiger partial charge in [0.2, 0.25) is 29.5 Å². The monoisotopic (exact) mass is 658 g/mol. The molecule has 2 heterocycles. The highest BCUT2D eigenvalue weighted by atomic mass is 16.2. The number of nitrogens with zero attached hydrogens (tertiary/aromatic N) is 2. The third kappa shape index (κ3) is 10.7. The summed E-state index contributed by atoms with van der Waals surface area (Å²) in [6.45, 7) is 1.83. The van der Waals surface area contributed by atoms with Gasteiger partial charge in [-0.2, -0.15) is 0 Å². The van der Waals surface area contributed by atoms with Crippen molar-refractivity contribution in [3.63, 3.8) is 0 Å². The summed E-state index contributed by atoms with van der Waals surface area (Å²) in [6.07, 6.45) is 3.94. The van der Waals surface area contributed by atoms with Crippen LogP contribution in [0.2, 0.25) is 0 Å². The summed E-state index contributed by atoms with van der Waals surface area (Å²) >= 11 is 0. The molecule has 4 rings (SSSR count). The molecule has 15 heteroatoms. The summed E-state index contributed by atoms with van der Waals surface area (Å²) in [4.78, 5) is 76.9. The van der Waals surface area contributed by atoms with Gasteiger partial charge in [0.05, 0.1) is 6.33 Å². The van der Waals surface area contributed by atoms with Crippen LogP contribution in [0.5, 0.6) is 0 Å². The first-order valence-corrected chi connectivity index (χ1v) is 15.7. The molecule has 5 amide bonds. The Bertz CT molecular complexity index is 1590. The van der Waals surface area contributed by atoms with Crippen LogP contribution in [0, 0.1) is 0 Å². The molecule has 2 aromatic carbocycles. The average molecular weight is 659 g/mol. The molecule has 10 N–H and O–H groups in total. The number of nitrogens with one attached hydrogen (secondary N) is 6. The smallest absolute Gasteiger partial charge is 0.243 e. The van der Waals surface area contributed by atoms with Crippen LogP contribution in [0.25, 0.3) is 0 Å². The Morgan fingerprint density at radius 3 is 2.23 bits per heavy atom. The molecule has 0 unspecified atom stereocenters. The third-order valence-corrected chi connectivity index (χ3v) is 7.80. The third-order valence-electron chi connectivity index (χ3n) is 7.80. The van der Waals surface area contributed by atoms with Gasteiger partial charge in [-0.15, -0.1) is 0 Å². The number of rotatable bonds is 15. The number of nitrogens with two attached hydrogens (primary N) is 2. The van der Waals surface area contributed by atoms with Gasteiger partial charge in [-0.25, -0.2) is 4.98 Å². The summed E-state index contributed by atoms with van der Waals surface area (Å²) in [7, 11) is 0. The molecule has 1 aliphatic heterocycles. The molecule has 1 aliphatic rings. The van der Waals surface area contributed by atoms with E-state index in [0.29, 0.717) is 18.7 Å². The van der Waals surface area contributed by atoms with Gasteiger partial charge in [0.1, 0.15) is 24.2 Å². The molecule has 0 saturated heterocycles. The average Bonchev–Trinajstić information content (AvgIpc) is 3.52. The zero-order valence-electron chi connectivity index (χ0n) is 26.7. The van der Waals surface area contributed by atoms with E-state index in [1.165, 1.54) is 19.4 Å². The largest absolute Gasteiger partial charge is 0.370 e. The molecule has 48 heavy (non-hydrogen) atoms. The number of carbonyl (C=O) groups is 5. The maximum Gasteiger partial charge on any atom is 0.243 e. The van der Waals surface area contributed by atoms with Gasteiger partial charge in [0, 0.05) is 51.2 Å². The topological polar surface area (TPSA) is 239 Å². The van der Waals surface area contributed by atoms with Crippen molar-refractivity contribution >= 4 is 35.5 Å². The number of imidazole rings is 1. The van der Waals surface area contributed by atoms with Gasteiger partial charge in [-0.1, -0.05) is 54.6 Å². The second-order valence-corrected chi connectivity index (χ2v) is 11.5. The molecule has 15 nitrogen and oxygen atoms in total. The van der Waals surface area contributed by atoms with E-state index in [1.54, 1.807) is 12.1 Å². The van der Waals surface area contributed by atoms with Crippen molar-refractivity contribution in [1.29, 1.82) is 0 Å². The van der Waals surface area contributed by atoms with Crippen LogP contribution in [0.4, 0.5) is 0 Å². The number of aliphatic imine (C=N–C) groups is 1. The first kappa shape index (κ1) is 35.1. The van der Waals surface area contributed by atoms with E-state index in [1.807, 2.05) is 42.5 Å². The Morgan fingerprint density at radius 1 is 0.896 bits per heavy atom. The molecule has 0 saturated carbocycles. The molecule has 0 radical (unpaired) electrons. The van der Waals surface area contributed by atoms with E-state index >= 15 is 0 Å². The van der Waals surface area contributed by atoms with E-state index in [-0.39, 0.29) is 44.1 Å². The summed E-state index contributed by atoms with van der Waals surface area (Å²) in [5.41, 5.74) is 14.2. The molecule has 1 aromatic heterocycles. The highest BCUT2D eigenvalue weighted by Crippen LogP contribution is 2.15. The van der Waals surface area contributed by atoms with Crippen molar-refractivity contribution in [3.8, 4) is 0 Å². The van der Waals surface area contributed by atoms with Gasteiger partial charge >= 0.3 is 0 Å². The molecule has 3 aromatic rings. The predicted octanol–water partition coefficient (Wildman–Crippen LogP) is -0.920. The quantitative estimate of drug-likeness (QED) is 0.0576. The Labute approximate surface area is 278 Å². The number of hydrogen-bond acceptors (Lipinski definition) is 7. The van der Waals surface area contributed by atoms with Gasteiger partial charge < -0.3 is 43.0 Å². The summed E-state index contributed by atoms with van der Waals surface area (Å²) in [6, 6.07) is 12.5. The molecule has 0 aliphatic carbocycles. The number of H-pyrrole nitrogens is 1. The van der Waals surface area contributed by atoms with E-state index in [0.717, 1.165) is 16.7 Å². The molecular formula is C33H42N10O5. The lowest BCUT2D eigenvalue weighted by molar-refractivity contribution is -0.134. The van der Waals surface area contributed by atoms with Crippen molar-refractivity contribution in [3.05, 3.63) is 89.5 Å². The first-order chi connectivity index (χ1) is 23.1. The van der Waals surface area contributed by atoms with Crippen LogP contribution >= 0.6 is 0 Å². The van der Waals surface area contributed by atoms with Crippen LogP contribution in [0.1, 0.15) is 42.1 Å².